The molecule has 0 aliphatic heterocycles. The van der Waals surface area contributed by atoms with Crippen molar-refractivity contribution in [2.24, 2.45) is 0 Å². The van der Waals surface area contributed by atoms with E-state index in [1.54, 1.807) is 25.6 Å². The summed E-state index contributed by atoms with van der Waals surface area (Å²) >= 11 is 3.06. The van der Waals surface area contributed by atoms with Crippen LogP contribution >= 0.6 is 23.1 Å². The van der Waals surface area contributed by atoms with Crippen LogP contribution in [0.15, 0.2) is 29.4 Å². The third-order valence-electron chi connectivity index (χ3n) is 4.68. The quantitative estimate of drug-likeness (QED) is 0.173. The first-order valence-electron chi connectivity index (χ1n) is 10.9. The first-order chi connectivity index (χ1) is 17.0. The topological polar surface area (TPSA) is 137 Å². The van der Waals surface area contributed by atoms with Crippen molar-refractivity contribution in [1.29, 1.82) is 0 Å². The molecule has 0 bridgehead atoms. The highest BCUT2D eigenvalue weighted by Gasteiger charge is 2.14. The zero-order valence-corrected chi connectivity index (χ0v) is 21.7. The Bertz CT molecular complexity index is 1060. The third-order valence-corrected chi connectivity index (χ3v) is 6.60. The SMILES string of the molecule is COCCOCCOCCOc1cc(-c2nc(CSc3nc(N)cc(N)n3)c(C)s2)ccc1OC. The summed E-state index contributed by atoms with van der Waals surface area (Å²) in [6, 6.07) is 7.31. The van der Waals surface area contributed by atoms with Gasteiger partial charge >= 0.3 is 0 Å². The highest BCUT2D eigenvalue weighted by atomic mass is 32.2. The lowest BCUT2D eigenvalue weighted by molar-refractivity contribution is 0.0178. The van der Waals surface area contributed by atoms with Gasteiger partial charge in [-0.05, 0) is 25.1 Å². The Labute approximate surface area is 213 Å². The number of aryl methyl sites for hydroxylation is 1. The molecule has 0 radical (unpaired) electrons. The second kappa shape index (κ2) is 14.0. The molecule has 3 rings (SSSR count). The number of methoxy groups -OCH3 is 2. The maximum atomic E-state index is 5.92. The van der Waals surface area contributed by atoms with Crippen molar-refractivity contribution in [3.63, 3.8) is 0 Å². The largest absolute Gasteiger partial charge is 0.493 e. The fraction of sp³-hybridized carbons (Fsp3) is 0.435. The normalized spacial score (nSPS) is 11.1. The first-order valence-corrected chi connectivity index (χ1v) is 12.7. The summed E-state index contributed by atoms with van der Waals surface area (Å²) in [5, 5.41) is 1.42. The van der Waals surface area contributed by atoms with Crippen LogP contribution in [0.3, 0.4) is 0 Å². The lowest BCUT2D eigenvalue weighted by Gasteiger charge is -2.12. The van der Waals surface area contributed by atoms with Crippen LogP contribution < -0.4 is 20.9 Å². The molecule has 0 aliphatic carbocycles. The maximum Gasteiger partial charge on any atom is 0.191 e. The van der Waals surface area contributed by atoms with Crippen molar-refractivity contribution >= 4 is 34.7 Å². The lowest BCUT2D eigenvalue weighted by atomic mass is 10.2. The highest BCUT2D eigenvalue weighted by molar-refractivity contribution is 7.98. The first kappa shape index (κ1) is 27.0. The summed E-state index contributed by atoms with van der Waals surface area (Å²) in [5.41, 5.74) is 13.4. The van der Waals surface area contributed by atoms with Gasteiger partial charge in [-0.2, -0.15) is 0 Å². The van der Waals surface area contributed by atoms with E-state index in [1.807, 2.05) is 25.1 Å². The monoisotopic (exact) mass is 521 g/mol. The van der Waals surface area contributed by atoms with Crippen LogP contribution in [0.2, 0.25) is 0 Å². The predicted molar refractivity (Wildman–Crippen MR) is 138 cm³/mol. The molecule has 0 aliphatic rings. The number of nitrogens with two attached hydrogens (primary N) is 2. The molecule has 0 unspecified atom stereocenters. The van der Waals surface area contributed by atoms with E-state index >= 15 is 0 Å². The van der Waals surface area contributed by atoms with Gasteiger partial charge in [-0.1, -0.05) is 11.8 Å². The number of thioether (sulfide) groups is 1. The fourth-order valence-corrected chi connectivity index (χ4v) is 4.85. The standard InChI is InChI=1S/C23H31N5O5S2/c1-15-17(14-34-23-27-20(24)13-21(25)28-23)26-22(35-15)16-4-5-18(30-3)19(12-16)33-11-10-32-9-8-31-7-6-29-2/h4-5,12-13H,6-11,14H2,1-3H3,(H4,24,25,27,28). The number of hydrogen-bond acceptors (Lipinski definition) is 12. The molecular weight excluding hydrogens is 490 g/mol. The molecule has 2 heterocycles. The van der Waals surface area contributed by atoms with Gasteiger partial charge in [0.2, 0.25) is 0 Å². The Morgan fingerprint density at radius 3 is 2.23 bits per heavy atom. The van der Waals surface area contributed by atoms with Crippen molar-refractivity contribution < 1.29 is 23.7 Å². The van der Waals surface area contributed by atoms with Gasteiger partial charge in [0.25, 0.3) is 0 Å². The van der Waals surface area contributed by atoms with Crippen LogP contribution in [0.1, 0.15) is 10.6 Å². The number of thiazole rings is 1. The minimum absolute atomic E-state index is 0.349. The zero-order chi connectivity index (χ0) is 25.0. The number of rotatable bonds is 15. The molecule has 0 amide bonds. The smallest absolute Gasteiger partial charge is 0.191 e. The summed E-state index contributed by atoms with van der Waals surface area (Å²) in [6.45, 7) is 5.02. The fourth-order valence-electron chi connectivity index (χ4n) is 2.94. The van der Waals surface area contributed by atoms with Crippen LogP contribution in [-0.2, 0) is 20.0 Å². The van der Waals surface area contributed by atoms with Gasteiger partial charge in [0.15, 0.2) is 16.7 Å². The van der Waals surface area contributed by atoms with E-state index in [0.29, 0.717) is 73.7 Å². The van der Waals surface area contributed by atoms with Crippen LogP contribution in [0.4, 0.5) is 11.6 Å². The summed E-state index contributed by atoms with van der Waals surface area (Å²) in [4.78, 5) is 14.4. The number of ether oxygens (including phenoxy) is 5. The maximum absolute atomic E-state index is 5.92. The van der Waals surface area contributed by atoms with Crippen LogP contribution in [-0.4, -0.2) is 68.8 Å². The number of nitrogen functional groups attached to an aromatic ring is 2. The van der Waals surface area contributed by atoms with Gasteiger partial charge in [-0.25, -0.2) is 15.0 Å². The molecule has 0 saturated carbocycles. The minimum atomic E-state index is 0.349. The van der Waals surface area contributed by atoms with Crippen LogP contribution in [0, 0.1) is 6.92 Å². The van der Waals surface area contributed by atoms with Crippen LogP contribution in [0.25, 0.3) is 10.6 Å². The second-order valence-electron chi connectivity index (χ2n) is 7.24. The van der Waals surface area contributed by atoms with E-state index in [-0.39, 0.29) is 0 Å². The van der Waals surface area contributed by atoms with Gasteiger partial charge < -0.3 is 35.2 Å². The van der Waals surface area contributed by atoms with Crippen molar-refractivity contribution in [1.82, 2.24) is 15.0 Å². The van der Waals surface area contributed by atoms with Gasteiger partial charge in [-0.15, -0.1) is 11.3 Å². The van der Waals surface area contributed by atoms with E-state index in [2.05, 4.69) is 9.97 Å². The van der Waals surface area contributed by atoms with Crippen molar-refractivity contribution in [3.8, 4) is 22.1 Å². The summed E-state index contributed by atoms with van der Waals surface area (Å²) in [7, 11) is 3.26. The molecule has 0 atom stereocenters. The molecule has 2 aromatic heterocycles. The molecule has 1 aromatic carbocycles. The van der Waals surface area contributed by atoms with Crippen LogP contribution in [0.5, 0.6) is 11.5 Å². The summed E-state index contributed by atoms with van der Waals surface area (Å²) in [6.07, 6.45) is 0. The van der Waals surface area contributed by atoms with Gasteiger partial charge in [-0.3, -0.25) is 0 Å². The number of hydrogen-bond donors (Lipinski definition) is 2. The van der Waals surface area contributed by atoms with E-state index in [9.17, 15) is 0 Å². The molecule has 190 valence electrons. The van der Waals surface area contributed by atoms with E-state index < -0.39 is 0 Å². The molecule has 12 heteroatoms. The Balaban J connectivity index is 1.57. The van der Waals surface area contributed by atoms with Crippen molar-refractivity contribution in [3.05, 3.63) is 34.8 Å². The summed E-state index contributed by atoms with van der Waals surface area (Å²) < 4.78 is 27.2. The van der Waals surface area contributed by atoms with E-state index in [4.69, 9.17) is 40.1 Å². The van der Waals surface area contributed by atoms with Gasteiger partial charge in [0, 0.05) is 29.4 Å². The van der Waals surface area contributed by atoms with Crippen molar-refractivity contribution in [2.75, 3.05) is 65.3 Å². The second-order valence-corrected chi connectivity index (χ2v) is 9.39. The Kier molecular flexibility index (Phi) is 10.8. The third kappa shape index (κ3) is 8.51. The molecule has 35 heavy (non-hydrogen) atoms. The molecular formula is C23H31N5O5S2. The minimum Gasteiger partial charge on any atom is -0.493 e. The Morgan fingerprint density at radius 1 is 0.857 bits per heavy atom. The Hall–Kier alpha value is -2.64. The number of aromatic nitrogens is 3. The predicted octanol–water partition coefficient (Wildman–Crippen LogP) is 3.43. The zero-order valence-electron chi connectivity index (χ0n) is 20.1. The number of nitrogens with zero attached hydrogens (tertiary/aromatic N) is 3. The molecule has 10 nitrogen and oxygen atoms in total. The summed E-state index contributed by atoms with van der Waals surface area (Å²) in [5.74, 6) is 2.59. The van der Waals surface area contributed by atoms with Gasteiger partial charge in [0.05, 0.1) is 45.8 Å². The number of anilines is 2. The molecule has 0 fully saturated rings. The molecule has 4 N–H and O–H groups in total. The van der Waals surface area contributed by atoms with Gasteiger partial charge in [0.1, 0.15) is 23.3 Å². The highest BCUT2D eigenvalue weighted by Crippen LogP contribution is 2.36. The van der Waals surface area contributed by atoms with Crippen molar-refractivity contribution in [2.45, 2.75) is 17.8 Å². The lowest BCUT2D eigenvalue weighted by Crippen LogP contribution is -2.12. The van der Waals surface area contributed by atoms with E-state index in [0.717, 1.165) is 21.1 Å². The molecule has 0 spiro atoms. The van der Waals surface area contributed by atoms with E-state index in [1.165, 1.54) is 17.8 Å². The molecule has 3 aromatic rings. The average Bonchev–Trinajstić information content (AvgIpc) is 3.21. The molecule has 0 saturated heterocycles. The average molecular weight is 522 g/mol. The Morgan fingerprint density at radius 2 is 1.54 bits per heavy atom. The number of benzene rings is 1.